The smallest absolute Gasteiger partial charge is 0.321 e. The minimum absolute atomic E-state index is 0.0440. The van der Waals surface area contributed by atoms with Crippen molar-refractivity contribution in [1.29, 1.82) is 0 Å². The average Bonchev–Trinajstić information content (AvgIpc) is 3.12. The number of hydrogen-bond donors (Lipinski definition) is 2. The molecule has 2 aromatic rings. The second kappa shape index (κ2) is 9.97. The molecule has 8 nitrogen and oxygen atoms in total. The van der Waals surface area contributed by atoms with Crippen molar-refractivity contribution in [1.82, 2.24) is 25.4 Å². The van der Waals surface area contributed by atoms with Crippen LogP contribution in [-0.4, -0.2) is 51.1 Å². The molecule has 1 fully saturated rings. The number of carbonyl (C=O) groups is 2. The van der Waals surface area contributed by atoms with Gasteiger partial charge in [0.2, 0.25) is 11.9 Å². The van der Waals surface area contributed by atoms with Crippen molar-refractivity contribution < 1.29 is 9.59 Å². The number of benzene rings is 1. The molecule has 1 aliphatic heterocycles. The Morgan fingerprint density at radius 2 is 1.70 bits per heavy atom. The fourth-order valence-electron chi connectivity index (χ4n) is 3.28. The lowest BCUT2D eigenvalue weighted by molar-refractivity contribution is -0.119. The number of hydrogen-bond acceptors (Lipinski definition) is 6. The molecule has 1 aromatic heterocycles. The van der Waals surface area contributed by atoms with E-state index in [1.165, 1.54) is 23.7 Å². The number of aryl methyl sites for hydroxylation is 1. The number of piperidine rings is 1. The van der Waals surface area contributed by atoms with Crippen LogP contribution in [0, 0.1) is 6.92 Å². The predicted octanol–water partition coefficient (Wildman–Crippen LogP) is 3.28. The van der Waals surface area contributed by atoms with Gasteiger partial charge in [-0.25, -0.2) is 4.79 Å². The summed E-state index contributed by atoms with van der Waals surface area (Å²) in [6.45, 7) is 9.38. The van der Waals surface area contributed by atoms with Gasteiger partial charge in [0.15, 0.2) is 5.16 Å². The molecule has 30 heavy (non-hydrogen) atoms. The molecular formula is C21H30N6O2S. The van der Waals surface area contributed by atoms with Crippen LogP contribution >= 0.6 is 11.8 Å². The molecule has 1 aromatic carbocycles. The zero-order chi connectivity index (χ0) is 21.7. The van der Waals surface area contributed by atoms with E-state index in [9.17, 15) is 9.59 Å². The third-order valence-electron chi connectivity index (χ3n) is 4.86. The summed E-state index contributed by atoms with van der Waals surface area (Å²) >= 11 is 1.29. The normalized spacial score (nSPS) is 15.2. The quantitative estimate of drug-likeness (QED) is 0.684. The van der Waals surface area contributed by atoms with E-state index in [0.29, 0.717) is 5.16 Å². The van der Waals surface area contributed by atoms with Crippen molar-refractivity contribution in [2.45, 2.75) is 63.4 Å². The fraction of sp³-hybridized carbons (Fsp3) is 0.524. The van der Waals surface area contributed by atoms with Gasteiger partial charge in [0.1, 0.15) is 0 Å². The minimum Gasteiger partial charge on any atom is -0.341 e. The van der Waals surface area contributed by atoms with Gasteiger partial charge in [0, 0.05) is 19.1 Å². The van der Waals surface area contributed by atoms with Crippen LogP contribution in [0.25, 0.3) is 5.69 Å². The molecule has 2 N–H and O–H groups in total. The summed E-state index contributed by atoms with van der Waals surface area (Å²) in [5, 5.41) is 14.0. The van der Waals surface area contributed by atoms with Gasteiger partial charge in [-0.3, -0.25) is 14.7 Å². The van der Waals surface area contributed by atoms with Crippen LogP contribution in [0.4, 0.5) is 10.7 Å². The van der Waals surface area contributed by atoms with Gasteiger partial charge in [-0.1, -0.05) is 29.5 Å². The second-order valence-electron chi connectivity index (χ2n) is 7.88. The van der Waals surface area contributed by atoms with Crippen LogP contribution < -0.4 is 15.5 Å². The van der Waals surface area contributed by atoms with Crippen molar-refractivity contribution >= 4 is 29.6 Å². The van der Waals surface area contributed by atoms with Crippen LogP contribution in [0.15, 0.2) is 29.4 Å². The fourth-order valence-corrected chi connectivity index (χ4v) is 4.14. The zero-order valence-electron chi connectivity index (χ0n) is 18.0. The molecule has 0 saturated carbocycles. The van der Waals surface area contributed by atoms with Crippen LogP contribution in [0.5, 0.6) is 0 Å². The second-order valence-corrected chi connectivity index (χ2v) is 9.19. The number of nitrogens with zero attached hydrogens (tertiary/aromatic N) is 4. The van der Waals surface area contributed by atoms with Crippen molar-refractivity contribution in [2.24, 2.45) is 0 Å². The molecule has 2 heterocycles. The van der Waals surface area contributed by atoms with Crippen LogP contribution in [0.1, 0.15) is 45.6 Å². The number of amides is 3. The van der Waals surface area contributed by atoms with Crippen molar-refractivity contribution in [3.05, 3.63) is 29.8 Å². The number of imide groups is 1. The summed E-state index contributed by atoms with van der Waals surface area (Å²) in [6, 6.07) is 7.65. The number of aromatic nitrogens is 3. The first kappa shape index (κ1) is 22.1. The Morgan fingerprint density at radius 1 is 1.03 bits per heavy atom. The Morgan fingerprint density at radius 3 is 2.33 bits per heavy atom. The summed E-state index contributed by atoms with van der Waals surface area (Å²) in [4.78, 5) is 26.6. The number of rotatable bonds is 6. The first-order chi connectivity index (χ1) is 14.3. The molecule has 1 atom stereocenters. The predicted molar refractivity (Wildman–Crippen MR) is 119 cm³/mol. The Bertz CT molecular complexity index is 874. The zero-order valence-corrected chi connectivity index (χ0v) is 18.8. The molecule has 9 heteroatoms. The Labute approximate surface area is 181 Å². The summed E-state index contributed by atoms with van der Waals surface area (Å²) < 4.78 is 2.01. The number of anilines is 1. The minimum atomic E-state index is -0.509. The van der Waals surface area contributed by atoms with Crippen molar-refractivity contribution in [3.8, 4) is 5.69 Å². The molecule has 0 aliphatic carbocycles. The summed E-state index contributed by atoms with van der Waals surface area (Å²) in [7, 11) is 0. The van der Waals surface area contributed by atoms with Crippen LogP contribution in [0.3, 0.4) is 0 Å². The third kappa shape index (κ3) is 5.53. The molecule has 0 radical (unpaired) electrons. The van der Waals surface area contributed by atoms with Gasteiger partial charge in [-0.15, -0.1) is 10.2 Å². The van der Waals surface area contributed by atoms with Crippen molar-refractivity contribution in [3.63, 3.8) is 0 Å². The third-order valence-corrected chi connectivity index (χ3v) is 5.90. The monoisotopic (exact) mass is 430 g/mol. The maximum atomic E-state index is 12.5. The standard InChI is InChI=1S/C21H30N6O2S/c1-14(2)22-19(29)23-18(28)16(4)30-21-25-24-20(26-12-6-5-7-13-26)27(21)17-10-8-15(3)9-11-17/h8-11,14,16H,5-7,12-13H2,1-4H3,(H2,22,23,28,29)/t16-/m1/s1. The van der Waals surface area contributed by atoms with E-state index >= 15 is 0 Å². The summed E-state index contributed by atoms with van der Waals surface area (Å²) in [5.74, 6) is 0.433. The molecule has 162 valence electrons. The topological polar surface area (TPSA) is 92.2 Å². The van der Waals surface area contributed by atoms with Gasteiger partial charge in [-0.05, 0) is 59.1 Å². The molecule has 0 bridgehead atoms. The maximum absolute atomic E-state index is 12.5. The maximum Gasteiger partial charge on any atom is 0.321 e. The van der Waals surface area contributed by atoms with Gasteiger partial charge >= 0.3 is 6.03 Å². The number of nitrogens with one attached hydrogen (secondary N) is 2. The largest absolute Gasteiger partial charge is 0.341 e. The molecule has 3 rings (SSSR count). The highest BCUT2D eigenvalue weighted by Crippen LogP contribution is 2.30. The van der Waals surface area contributed by atoms with Gasteiger partial charge in [0.05, 0.1) is 10.9 Å². The van der Waals surface area contributed by atoms with Gasteiger partial charge in [0.25, 0.3) is 0 Å². The Balaban J connectivity index is 1.83. The number of thioether (sulfide) groups is 1. The summed E-state index contributed by atoms with van der Waals surface area (Å²) in [6.07, 6.45) is 3.49. The van der Waals surface area contributed by atoms with E-state index in [-0.39, 0.29) is 11.9 Å². The van der Waals surface area contributed by atoms with Crippen LogP contribution in [-0.2, 0) is 4.79 Å². The van der Waals surface area contributed by atoms with Crippen molar-refractivity contribution in [2.75, 3.05) is 18.0 Å². The first-order valence-corrected chi connectivity index (χ1v) is 11.3. The molecule has 1 aliphatic rings. The SMILES string of the molecule is Cc1ccc(-n2c(S[C@H](C)C(=O)NC(=O)NC(C)C)nnc2N2CCCCC2)cc1. The first-order valence-electron chi connectivity index (χ1n) is 10.4. The van der Waals surface area contributed by atoms with E-state index in [2.05, 4.69) is 37.9 Å². The highest BCUT2D eigenvalue weighted by Gasteiger charge is 2.25. The highest BCUT2D eigenvalue weighted by molar-refractivity contribution is 8.00. The van der Waals surface area contributed by atoms with E-state index < -0.39 is 11.3 Å². The Kier molecular flexibility index (Phi) is 7.36. The molecule has 0 unspecified atom stereocenters. The molecule has 0 spiro atoms. The van der Waals surface area contributed by atoms with Gasteiger partial charge in [-0.2, -0.15) is 0 Å². The summed E-state index contributed by atoms with van der Waals surface area (Å²) in [5.41, 5.74) is 2.13. The van der Waals surface area contributed by atoms with Gasteiger partial charge < -0.3 is 10.2 Å². The highest BCUT2D eigenvalue weighted by atomic mass is 32.2. The molecule has 1 saturated heterocycles. The lowest BCUT2D eigenvalue weighted by Gasteiger charge is -2.28. The van der Waals surface area contributed by atoms with E-state index in [4.69, 9.17) is 0 Å². The van der Waals surface area contributed by atoms with E-state index in [1.807, 2.05) is 37.5 Å². The molecular weight excluding hydrogens is 400 g/mol. The molecule has 3 amide bonds. The van der Waals surface area contributed by atoms with Crippen LogP contribution in [0.2, 0.25) is 0 Å². The number of carbonyl (C=O) groups excluding carboxylic acids is 2. The van der Waals surface area contributed by atoms with E-state index in [0.717, 1.165) is 37.6 Å². The number of urea groups is 1. The lowest BCUT2D eigenvalue weighted by Crippen LogP contribution is -2.45. The Hall–Kier alpha value is -2.55. The average molecular weight is 431 g/mol. The lowest BCUT2D eigenvalue weighted by atomic mass is 10.1. The van der Waals surface area contributed by atoms with E-state index in [1.54, 1.807) is 6.92 Å².